The minimum Gasteiger partial charge on any atom is -0.396 e. The number of amides is 2. The number of likely N-dealkylation sites (tertiary alicyclic amines) is 1. The summed E-state index contributed by atoms with van der Waals surface area (Å²) in [6.45, 7) is 6.10. The van der Waals surface area contributed by atoms with Crippen LogP contribution in [0.4, 0.5) is 0 Å². The number of hydrogen-bond donors (Lipinski definition) is 1. The minimum atomic E-state index is -0.0516. The molecule has 0 bridgehead atoms. The second-order valence-corrected chi connectivity index (χ2v) is 6.32. The van der Waals surface area contributed by atoms with Crippen LogP contribution < -0.4 is 0 Å². The molecule has 2 amide bonds. The van der Waals surface area contributed by atoms with Crippen LogP contribution in [0.3, 0.4) is 0 Å². The number of aliphatic hydroxyl groups excluding tert-OH is 1. The standard InChI is InChI=1S/C16H30N2O3/c1-13(2)15(20)18-10-7-8-14(12-18)16(21)17(3)9-5-4-6-11-19/h13-14,19H,4-12H2,1-3H3. The van der Waals surface area contributed by atoms with E-state index in [1.807, 2.05) is 25.8 Å². The SMILES string of the molecule is CC(C)C(=O)N1CCCC(C(=O)N(C)CCCCCO)C1. The van der Waals surface area contributed by atoms with Crippen molar-refractivity contribution < 1.29 is 14.7 Å². The van der Waals surface area contributed by atoms with E-state index in [0.717, 1.165) is 45.2 Å². The highest BCUT2D eigenvalue weighted by Gasteiger charge is 2.30. The highest BCUT2D eigenvalue weighted by atomic mass is 16.3. The van der Waals surface area contributed by atoms with E-state index in [1.165, 1.54) is 0 Å². The van der Waals surface area contributed by atoms with Crippen LogP contribution in [0.15, 0.2) is 0 Å². The number of carbonyl (C=O) groups excluding carboxylic acids is 2. The van der Waals surface area contributed by atoms with Crippen LogP contribution in [-0.2, 0) is 9.59 Å². The highest BCUT2D eigenvalue weighted by Crippen LogP contribution is 2.20. The van der Waals surface area contributed by atoms with Gasteiger partial charge in [0.1, 0.15) is 0 Å². The Hall–Kier alpha value is -1.10. The van der Waals surface area contributed by atoms with Crippen LogP contribution in [0.2, 0.25) is 0 Å². The molecule has 0 saturated carbocycles. The fraction of sp³-hybridized carbons (Fsp3) is 0.875. The molecule has 0 radical (unpaired) electrons. The van der Waals surface area contributed by atoms with E-state index >= 15 is 0 Å². The number of rotatable bonds is 7. The maximum Gasteiger partial charge on any atom is 0.227 e. The maximum atomic E-state index is 12.4. The van der Waals surface area contributed by atoms with E-state index in [1.54, 1.807) is 4.90 Å². The van der Waals surface area contributed by atoms with E-state index in [4.69, 9.17) is 5.11 Å². The zero-order valence-electron chi connectivity index (χ0n) is 13.7. The number of piperidine rings is 1. The van der Waals surface area contributed by atoms with Gasteiger partial charge < -0.3 is 14.9 Å². The van der Waals surface area contributed by atoms with Crippen LogP contribution >= 0.6 is 0 Å². The van der Waals surface area contributed by atoms with Crippen molar-refractivity contribution in [2.24, 2.45) is 11.8 Å². The average molecular weight is 298 g/mol. The summed E-state index contributed by atoms with van der Waals surface area (Å²) in [4.78, 5) is 28.1. The Balaban J connectivity index is 2.44. The Morgan fingerprint density at radius 1 is 1.29 bits per heavy atom. The summed E-state index contributed by atoms with van der Waals surface area (Å²) in [6, 6.07) is 0. The van der Waals surface area contributed by atoms with Gasteiger partial charge in [0, 0.05) is 39.2 Å². The molecule has 0 spiro atoms. The van der Waals surface area contributed by atoms with Gasteiger partial charge in [-0.3, -0.25) is 9.59 Å². The molecule has 1 fully saturated rings. The first-order chi connectivity index (χ1) is 9.97. The van der Waals surface area contributed by atoms with Crippen molar-refractivity contribution in [3.8, 4) is 0 Å². The van der Waals surface area contributed by atoms with Crippen LogP contribution in [0.1, 0.15) is 46.0 Å². The molecule has 5 nitrogen and oxygen atoms in total. The first-order valence-electron chi connectivity index (χ1n) is 8.12. The first kappa shape index (κ1) is 18.0. The molecule has 5 heteroatoms. The van der Waals surface area contributed by atoms with E-state index in [9.17, 15) is 9.59 Å². The summed E-state index contributed by atoms with van der Waals surface area (Å²) in [7, 11) is 1.84. The molecule has 1 heterocycles. The predicted octanol–water partition coefficient (Wildman–Crippen LogP) is 1.50. The third kappa shape index (κ3) is 5.65. The van der Waals surface area contributed by atoms with Crippen molar-refractivity contribution in [3.63, 3.8) is 0 Å². The number of carbonyl (C=O) groups is 2. The first-order valence-corrected chi connectivity index (χ1v) is 8.12. The summed E-state index contributed by atoms with van der Waals surface area (Å²) in [5, 5.41) is 8.75. The van der Waals surface area contributed by atoms with Gasteiger partial charge in [0.15, 0.2) is 0 Å². The molecule has 1 atom stereocenters. The molecular weight excluding hydrogens is 268 g/mol. The van der Waals surface area contributed by atoms with Crippen LogP contribution in [-0.4, -0.2) is 60.0 Å². The summed E-state index contributed by atoms with van der Waals surface area (Å²) < 4.78 is 0. The van der Waals surface area contributed by atoms with Gasteiger partial charge in [0.05, 0.1) is 5.92 Å². The molecule has 1 N–H and O–H groups in total. The Kier molecular flexibility index (Phi) is 7.72. The second-order valence-electron chi connectivity index (χ2n) is 6.32. The normalized spacial score (nSPS) is 18.9. The largest absolute Gasteiger partial charge is 0.396 e. The lowest BCUT2D eigenvalue weighted by molar-refractivity contribution is -0.141. The van der Waals surface area contributed by atoms with Gasteiger partial charge in [-0.1, -0.05) is 13.8 Å². The Morgan fingerprint density at radius 3 is 2.62 bits per heavy atom. The van der Waals surface area contributed by atoms with Gasteiger partial charge in [0.2, 0.25) is 11.8 Å². The fourth-order valence-corrected chi connectivity index (χ4v) is 2.80. The average Bonchev–Trinajstić information content (AvgIpc) is 2.49. The molecule has 1 rings (SSSR count). The number of hydrogen-bond acceptors (Lipinski definition) is 3. The number of aliphatic hydroxyl groups is 1. The third-order valence-corrected chi connectivity index (χ3v) is 4.10. The molecule has 122 valence electrons. The summed E-state index contributed by atoms with van der Waals surface area (Å²) in [6.07, 6.45) is 4.44. The molecule has 21 heavy (non-hydrogen) atoms. The van der Waals surface area contributed by atoms with Crippen molar-refractivity contribution in [1.82, 2.24) is 9.80 Å². The molecule has 0 aromatic heterocycles. The summed E-state index contributed by atoms with van der Waals surface area (Å²) in [5.41, 5.74) is 0. The van der Waals surface area contributed by atoms with Gasteiger partial charge in [0.25, 0.3) is 0 Å². The lowest BCUT2D eigenvalue weighted by Gasteiger charge is -2.35. The Labute approximate surface area is 128 Å². The number of unbranched alkanes of at least 4 members (excludes halogenated alkanes) is 2. The molecule has 0 aromatic carbocycles. The molecule has 1 aliphatic rings. The summed E-state index contributed by atoms with van der Waals surface area (Å²) >= 11 is 0. The van der Waals surface area contributed by atoms with Gasteiger partial charge >= 0.3 is 0 Å². The smallest absolute Gasteiger partial charge is 0.227 e. The van der Waals surface area contributed by atoms with Crippen molar-refractivity contribution >= 4 is 11.8 Å². The second kappa shape index (κ2) is 9.03. The van der Waals surface area contributed by atoms with Crippen LogP contribution in [0.5, 0.6) is 0 Å². The van der Waals surface area contributed by atoms with E-state index in [0.29, 0.717) is 6.54 Å². The zero-order chi connectivity index (χ0) is 15.8. The molecule has 1 unspecified atom stereocenters. The van der Waals surface area contributed by atoms with Crippen molar-refractivity contribution in [2.45, 2.75) is 46.0 Å². The van der Waals surface area contributed by atoms with Crippen LogP contribution in [0.25, 0.3) is 0 Å². The summed E-state index contributed by atoms with van der Waals surface area (Å²) in [5.74, 6) is 0.248. The van der Waals surface area contributed by atoms with E-state index in [-0.39, 0.29) is 30.3 Å². The minimum absolute atomic E-state index is 0.00457. The predicted molar refractivity (Wildman–Crippen MR) is 82.7 cm³/mol. The topological polar surface area (TPSA) is 60.9 Å². The van der Waals surface area contributed by atoms with E-state index in [2.05, 4.69) is 0 Å². The van der Waals surface area contributed by atoms with Crippen molar-refractivity contribution in [3.05, 3.63) is 0 Å². The van der Waals surface area contributed by atoms with Gasteiger partial charge in [-0.05, 0) is 32.1 Å². The van der Waals surface area contributed by atoms with Crippen LogP contribution in [0, 0.1) is 11.8 Å². The third-order valence-electron chi connectivity index (χ3n) is 4.10. The lowest BCUT2D eigenvalue weighted by atomic mass is 9.95. The van der Waals surface area contributed by atoms with E-state index < -0.39 is 0 Å². The number of nitrogens with zero attached hydrogens (tertiary/aromatic N) is 2. The zero-order valence-corrected chi connectivity index (χ0v) is 13.7. The fourth-order valence-electron chi connectivity index (χ4n) is 2.80. The maximum absolute atomic E-state index is 12.4. The Bertz CT molecular complexity index is 344. The lowest BCUT2D eigenvalue weighted by Crippen LogP contribution is -2.47. The molecular formula is C16H30N2O3. The monoisotopic (exact) mass is 298 g/mol. The van der Waals surface area contributed by atoms with Gasteiger partial charge in [-0.25, -0.2) is 0 Å². The highest BCUT2D eigenvalue weighted by molar-refractivity contribution is 5.82. The van der Waals surface area contributed by atoms with Gasteiger partial charge in [-0.2, -0.15) is 0 Å². The molecule has 0 aliphatic carbocycles. The Morgan fingerprint density at radius 2 is 2.00 bits per heavy atom. The van der Waals surface area contributed by atoms with Gasteiger partial charge in [-0.15, -0.1) is 0 Å². The molecule has 1 saturated heterocycles. The molecule has 0 aromatic rings. The van der Waals surface area contributed by atoms with Crippen molar-refractivity contribution in [1.29, 1.82) is 0 Å². The van der Waals surface area contributed by atoms with Crippen molar-refractivity contribution in [2.75, 3.05) is 33.3 Å². The quantitative estimate of drug-likeness (QED) is 0.725. The molecule has 1 aliphatic heterocycles.